The zero-order chi connectivity index (χ0) is 64.0. The number of hydrogen-bond donors (Lipinski definition) is 18. The van der Waals surface area contributed by atoms with E-state index in [1.165, 1.54) is 19.1 Å². The van der Waals surface area contributed by atoms with Gasteiger partial charge in [-0.25, -0.2) is 4.79 Å². The number of para-hydroxylation sites is 1. The summed E-state index contributed by atoms with van der Waals surface area (Å²) >= 11 is 0. The number of phenols is 1. The van der Waals surface area contributed by atoms with E-state index < -0.39 is 139 Å². The van der Waals surface area contributed by atoms with Crippen molar-refractivity contribution in [3.8, 4) is 5.75 Å². The summed E-state index contributed by atoms with van der Waals surface area (Å²) in [5.41, 5.74) is 19.3. The van der Waals surface area contributed by atoms with Crippen LogP contribution in [0, 0.1) is 17.2 Å². The highest BCUT2D eigenvalue weighted by Gasteiger charge is 2.43. The second-order valence-corrected chi connectivity index (χ2v) is 22.7. The molecule has 30 nitrogen and oxygen atoms in total. The minimum Gasteiger partial charge on any atom is -0.508 e. The first kappa shape index (κ1) is 68.1. The molecule has 2 aromatic carbocycles. The van der Waals surface area contributed by atoms with E-state index in [-0.39, 0.29) is 81.6 Å². The number of rotatable bonds is 32. The highest BCUT2D eigenvalue weighted by molar-refractivity contribution is 5.99. The number of urea groups is 1. The Hall–Kier alpha value is -9.06. The number of hydrogen-bond acceptors (Lipinski definition) is 15. The van der Waals surface area contributed by atoms with Crippen molar-refractivity contribution in [3.63, 3.8) is 0 Å². The van der Waals surface area contributed by atoms with Crippen molar-refractivity contribution in [2.75, 3.05) is 39.8 Å². The van der Waals surface area contributed by atoms with Gasteiger partial charge in [0.25, 0.3) is 0 Å². The van der Waals surface area contributed by atoms with Crippen molar-refractivity contribution >= 4 is 82.0 Å². The van der Waals surface area contributed by atoms with Gasteiger partial charge in [0.2, 0.25) is 59.1 Å². The van der Waals surface area contributed by atoms with Crippen LogP contribution in [0.25, 0.3) is 10.9 Å². The predicted molar refractivity (Wildman–Crippen MR) is 321 cm³/mol. The van der Waals surface area contributed by atoms with Crippen molar-refractivity contribution < 1.29 is 63.0 Å². The van der Waals surface area contributed by atoms with Gasteiger partial charge in [-0.2, -0.15) is 0 Å². The van der Waals surface area contributed by atoms with Gasteiger partial charge in [-0.15, -0.1) is 0 Å². The highest BCUT2D eigenvalue weighted by atomic mass is 16.3. The number of aromatic hydroxyl groups is 1. The zero-order valence-electron chi connectivity index (χ0n) is 49.5. The number of carbonyl (C=O) groups is 11. The zero-order valence-corrected chi connectivity index (χ0v) is 49.5. The SMILES string of the molecule is CNC(=N)NCCC[C@H](NC(=O)[C@H](CC1CC1)NC(=O)CNC(=O)[C@H](CC1CCCCC1)NC(=O)[C@H](CN)NC(=O)[C@H](CNC(N)=O)NC(=O)[C@@H]1C[C@@H](O)CN1C(=O)[C@@H](Cc1ccc(O)cc1)NC(C)=O)C(=O)N[C@@H](Cc1c[nH]c2ccccc12)C(N)=O. The molecule has 3 aromatic rings. The molecule has 0 spiro atoms. The van der Waals surface area contributed by atoms with E-state index in [2.05, 4.69) is 63.5 Å². The van der Waals surface area contributed by atoms with E-state index in [4.69, 9.17) is 22.6 Å². The Morgan fingerprint density at radius 1 is 0.682 bits per heavy atom. The number of primary amides is 2. The van der Waals surface area contributed by atoms with E-state index >= 15 is 0 Å². The van der Waals surface area contributed by atoms with Gasteiger partial charge in [-0.3, -0.25) is 53.4 Å². The van der Waals surface area contributed by atoms with Gasteiger partial charge in [0.1, 0.15) is 54.1 Å². The number of H-pyrrole nitrogens is 1. The monoisotopic (exact) mass is 1230 g/mol. The van der Waals surface area contributed by atoms with Gasteiger partial charge in [-0.1, -0.05) is 75.3 Å². The third-order valence-electron chi connectivity index (χ3n) is 15.8. The molecule has 480 valence electrons. The molecule has 1 aromatic heterocycles. The van der Waals surface area contributed by atoms with Crippen LogP contribution in [-0.2, 0) is 60.8 Å². The number of aromatic nitrogens is 1. The Balaban J connectivity index is 1.10. The first-order valence-corrected chi connectivity index (χ1v) is 29.7. The van der Waals surface area contributed by atoms with Crippen LogP contribution in [-0.4, -0.2) is 185 Å². The first-order chi connectivity index (χ1) is 42.0. The number of phenolic OH excluding ortho intramolecular Hbond substituents is 1. The Morgan fingerprint density at radius 2 is 1.30 bits per heavy atom. The van der Waals surface area contributed by atoms with Crippen LogP contribution < -0.4 is 75.7 Å². The second-order valence-electron chi connectivity index (χ2n) is 22.7. The highest BCUT2D eigenvalue weighted by Crippen LogP contribution is 2.34. The molecular formula is C58H85N17O13. The van der Waals surface area contributed by atoms with Crippen LogP contribution >= 0.6 is 0 Å². The number of aliphatic hydroxyl groups excluding tert-OH is 1. The van der Waals surface area contributed by atoms with Gasteiger partial charge in [0.15, 0.2) is 5.96 Å². The lowest BCUT2D eigenvalue weighted by Gasteiger charge is -2.30. The Labute approximate surface area is 508 Å². The number of nitrogens with one attached hydrogen (secondary N) is 13. The van der Waals surface area contributed by atoms with Gasteiger partial charge in [0, 0.05) is 76.5 Å². The van der Waals surface area contributed by atoms with E-state index in [1.54, 1.807) is 25.4 Å². The van der Waals surface area contributed by atoms with E-state index in [9.17, 15) is 63.0 Å². The van der Waals surface area contributed by atoms with E-state index in [0.29, 0.717) is 5.56 Å². The summed E-state index contributed by atoms with van der Waals surface area (Å²) in [6, 6.07) is 1.54. The maximum atomic E-state index is 14.2. The lowest BCUT2D eigenvalue weighted by Crippen LogP contribution is -2.62. The fourth-order valence-corrected chi connectivity index (χ4v) is 10.9. The molecule has 2 heterocycles. The van der Waals surface area contributed by atoms with Crippen molar-refractivity contribution in [1.29, 1.82) is 5.41 Å². The summed E-state index contributed by atoms with van der Waals surface area (Å²) in [7, 11) is 1.56. The minimum absolute atomic E-state index is 0.0271. The number of guanidine groups is 1. The number of β-amino-alcohol motifs (C(OH)–C–C–N with tert-alkyl or cyclic N) is 1. The van der Waals surface area contributed by atoms with Crippen LogP contribution in [0.15, 0.2) is 54.7 Å². The standard InChI is InChI=1S/C58H85N17O13/c1-31(76)68-44(23-34-16-18-36(77)19-17-34)56(87)75-30-37(78)25-47(75)55(86)74-46(28-67-58(62)88)54(85)73-45(26-59)53(84)72-42(21-32-9-4-3-5-10-32)50(81)66-29-48(79)69-43(22-33-14-15-33)52(83)70-40(13-8-20-64-57(61)63-2)51(82)71-41(49(60)80)24-35-27-65-39-12-7-6-11-38(35)39/h6-7,11-12,16-19,27,32-33,37,40-47,65,77-78H,3-5,8-10,13-15,20-26,28-30,59H2,1-2H3,(H2,60,80)(H,66,81)(H,68,76)(H,69,79)(H,70,83)(H,71,82)(H,72,84)(H,73,85)(H,74,86)(H3,61,63,64)(H3,62,67,88)/t37-,40+,41+,42+,43+,44-,45+,46+,47+/m1/s1. The number of aromatic amines is 1. The molecule has 0 bridgehead atoms. The number of fused-ring (bicyclic) bond motifs is 1. The maximum Gasteiger partial charge on any atom is 0.312 e. The molecule has 2 saturated carbocycles. The number of nitrogens with zero attached hydrogens (tertiary/aromatic N) is 1. The Morgan fingerprint density at radius 3 is 1.94 bits per heavy atom. The number of nitrogens with two attached hydrogens (primary N) is 3. The largest absolute Gasteiger partial charge is 0.508 e. The molecular weight excluding hydrogens is 1140 g/mol. The van der Waals surface area contributed by atoms with Gasteiger partial charge >= 0.3 is 6.03 Å². The van der Waals surface area contributed by atoms with E-state index in [1.807, 2.05) is 24.3 Å². The first-order valence-electron chi connectivity index (χ1n) is 29.7. The maximum absolute atomic E-state index is 14.2. The molecule has 88 heavy (non-hydrogen) atoms. The number of likely N-dealkylation sites (tertiary alicyclic amines) is 1. The predicted octanol–water partition coefficient (Wildman–Crippen LogP) is -3.44. The number of amides is 12. The van der Waals surface area contributed by atoms with E-state index in [0.717, 1.165) is 66.3 Å². The quantitative estimate of drug-likeness (QED) is 0.0164. The minimum atomic E-state index is -1.66. The van der Waals surface area contributed by atoms with Crippen LogP contribution in [0.4, 0.5) is 4.79 Å². The lowest BCUT2D eigenvalue weighted by molar-refractivity contribution is -0.142. The molecule has 3 aliphatic rings. The van der Waals surface area contributed by atoms with Gasteiger partial charge < -0.3 is 95.8 Å². The molecule has 21 N–H and O–H groups in total. The normalized spacial score (nSPS) is 18.1. The Bertz CT molecular complexity index is 2970. The fraction of sp³-hybridized carbons (Fsp3) is 0.552. The summed E-state index contributed by atoms with van der Waals surface area (Å²) in [5, 5.41) is 57.8. The number of benzene rings is 2. The van der Waals surface area contributed by atoms with Crippen molar-refractivity contribution in [2.24, 2.45) is 29.0 Å². The summed E-state index contributed by atoms with van der Waals surface area (Å²) in [4.78, 5) is 153. The average molecular weight is 1230 g/mol. The molecule has 2 aliphatic carbocycles. The molecule has 9 atom stereocenters. The smallest absolute Gasteiger partial charge is 0.312 e. The third-order valence-corrected chi connectivity index (χ3v) is 15.8. The molecule has 1 aliphatic heterocycles. The third kappa shape index (κ3) is 21.1. The summed E-state index contributed by atoms with van der Waals surface area (Å²) in [6.07, 6.45) is 6.64. The fourth-order valence-electron chi connectivity index (χ4n) is 10.9. The van der Waals surface area contributed by atoms with Crippen LogP contribution in [0.2, 0.25) is 0 Å². The van der Waals surface area contributed by atoms with Gasteiger partial charge in [0.05, 0.1) is 12.6 Å². The van der Waals surface area contributed by atoms with Crippen molar-refractivity contribution in [1.82, 2.24) is 68.4 Å². The molecule has 0 unspecified atom stereocenters. The number of aliphatic hydroxyl groups is 1. The van der Waals surface area contributed by atoms with Crippen molar-refractivity contribution in [2.45, 2.75) is 151 Å². The van der Waals surface area contributed by atoms with Gasteiger partial charge in [-0.05, 0) is 66.8 Å². The van der Waals surface area contributed by atoms with Crippen LogP contribution in [0.1, 0.15) is 95.1 Å². The van der Waals surface area contributed by atoms with Crippen LogP contribution in [0.5, 0.6) is 5.75 Å². The molecule has 12 amide bonds. The molecule has 1 saturated heterocycles. The molecule has 0 radical (unpaired) electrons. The molecule has 30 heteroatoms. The van der Waals surface area contributed by atoms with Crippen LogP contribution in [0.3, 0.4) is 0 Å². The number of carbonyl (C=O) groups excluding carboxylic acids is 11. The van der Waals surface area contributed by atoms with Crippen molar-refractivity contribution in [3.05, 3.63) is 65.9 Å². The summed E-state index contributed by atoms with van der Waals surface area (Å²) in [5.74, 6) is -7.94. The summed E-state index contributed by atoms with van der Waals surface area (Å²) in [6.45, 7) is -0.693. The summed E-state index contributed by atoms with van der Waals surface area (Å²) < 4.78 is 0. The Kier molecular flexibility index (Phi) is 25.7. The average Bonchev–Trinajstić information content (AvgIpc) is 3.20. The topological polar surface area (TPSA) is 481 Å². The molecule has 6 rings (SSSR count). The second kappa shape index (κ2) is 33.2. The molecule has 3 fully saturated rings. The lowest BCUT2D eigenvalue weighted by atomic mass is 9.84.